The second-order valence-corrected chi connectivity index (χ2v) is 7.32. The van der Waals surface area contributed by atoms with E-state index in [2.05, 4.69) is 39.5 Å². The molecule has 0 saturated carbocycles. The first-order chi connectivity index (χ1) is 15.2. The van der Waals surface area contributed by atoms with Crippen LogP contribution in [0.25, 0.3) is 0 Å². The second-order valence-electron chi connectivity index (χ2n) is 7.32. The molecule has 1 aliphatic rings. The zero-order chi connectivity index (χ0) is 21.7. The molecule has 1 aromatic carbocycles. The highest BCUT2D eigenvalue weighted by Crippen LogP contribution is 2.24. The van der Waals surface area contributed by atoms with Crippen molar-refractivity contribution in [2.24, 2.45) is 5.10 Å². The van der Waals surface area contributed by atoms with E-state index in [0.29, 0.717) is 44.7 Å². The van der Waals surface area contributed by atoms with Gasteiger partial charge in [-0.05, 0) is 25.3 Å². The molecule has 31 heavy (non-hydrogen) atoms. The van der Waals surface area contributed by atoms with Crippen LogP contribution in [0.2, 0.25) is 0 Å². The molecular weight excluding hydrogens is 396 g/mol. The number of aliphatic hydroxyl groups is 1. The number of pyridine rings is 1. The predicted molar refractivity (Wildman–Crippen MR) is 122 cm³/mol. The highest BCUT2D eigenvalue weighted by molar-refractivity contribution is 5.80. The van der Waals surface area contributed by atoms with Crippen LogP contribution in [0.1, 0.15) is 24.0 Å². The molecule has 8 nitrogen and oxygen atoms in total. The zero-order valence-corrected chi connectivity index (χ0v) is 18.1. The van der Waals surface area contributed by atoms with Crippen molar-refractivity contribution < 1.29 is 19.3 Å². The number of hydrogen-bond donors (Lipinski definition) is 2. The number of hydrazone groups is 1. The van der Waals surface area contributed by atoms with Crippen LogP contribution in [-0.4, -0.2) is 69.0 Å². The molecule has 1 aromatic heterocycles. The summed E-state index contributed by atoms with van der Waals surface area (Å²) in [4.78, 5) is 6.78. The maximum Gasteiger partial charge on any atom is 0.217 e. The van der Waals surface area contributed by atoms with Gasteiger partial charge in [-0.1, -0.05) is 29.8 Å². The van der Waals surface area contributed by atoms with Crippen molar-refractivity contribution in [3.8, 4) is 5.88 Å². The number of aliphatic hydroxyl groups excluding tert-OH is 1. The van der Waals surface area contributed by atoms with E-state index >= 15 is 0 Å². The van der Waals surface area contributed by atoms with Crippen molar-refractivity contribution in [1.29, 1.82) is 0 Å². The van der Waals surface area contributed by atoms with Gasteiger partial charge in [-0.3, -0.25) is 5.43 Å². The summed E-state index contributed by atoms with van der Waals surface area (Å²) in [6, 6.07) is 12.0. The lowest BCUT2D eigenvalue weighted by atomic mass is 10.2. The summed E-state index contributed by atoms with van der Waals surface area (Å²) in [5, 5.41) is 13.1. The van der Waals surface area contributed by atoms with Crippen molar-refractivity contribution in [3.05, 3.63) is 47.5 Å². The predicted octanol–water partition coefficient (Wildman–Crippen LogP) is 2.84. The average Bonchev–Trinajstić information content (AvgIpc) is 2.79. The summed E-state index contributed by atoms with van der Waals surface area (Å²) in [7, 11) is 0. The number of aryl methyl sites for hydroxylation is 1. The molecule has 2 heterocycles. The number of morpholine rings is 1. The van der Waals surface area contributed by atoms with Crippen LogP contribution < -0.4 is 15.1 Å². The van der Waals surface area contributed by atoms with Crippen LogP contribution in [0, 0.1) is 6.92 Å². The van der Waals surface area contributed by atoms with E-state index in [4.69, 9.17) is 19.3 Å². The molecule has 8 heteroatoms. The molecule has 1 aliphatic heterocycles. The number of benzene rings is 1. The molecule has 3 rings (SSSR count). The lowest BCUT2D eigenvalue weighted by Crippen LogP contribution is -2.36. The van der Waals surface area contributed by atoms with Gasteiger partial charge < -0.3 is 24.2 Å². The van der Waals surface area contributed by atoms with Crippen molar-refractivity contribution in [2.45, 2.75) is 19.8 Å². The summed E-state index contributed by atoms with van der Waals surface area (Å²) in [5.41, 5.74) is 6.25. The minimum absolute atomic E-state index is 0.195. The molecule has 2 aromatic rings. The SMILES string of the molecule is Cc1cccc(/C=N/Nc2cc(N3CCOCC3)cc(OCCOCCCCO)n2)c1. The summed E-state index contributed by atoms with van der Waals surface area (Å²) in [5.74, 6) is 1.14. The maximum atomic E-state index is 8.80. The molecule has 0 bridgehead atoms. The van der Waals surface area contributed by atoms with Crippen LogP contribution in [0.3, 0.4) is 0 Å². The fourth-order valence-corrected chi connectivity index (χ4v) is 3.17. The van der Waals surface area contributed by atoms with Crippen LogP contribution in [0.15, 0.2) is 41.5 Å². The van der Waals surface area contributed by atoms with Crippen molar-refractivity contribution >= 4 is 17.7 Å². The number of hydrogen-bond acceptors (Lipinski definition) is 8. The van der Waals surface area contributed by atoms with Crippen LogP contribution in [0.4, 0.5) is 11.5 Å². The molecule has 0 atom stereocenters. The summed E-state index contributed by atoms with van der Waals surface area (Å²) in [6.07, 6.45) is 3.37. The molecule has 0 spiro atoms. The summed E-state index contributed by atoms with van der Waals surface area (Å²) in [6.45, 7) is 6.80. The number of nitrogens with zero attached hydrogens (tertiary/aromatic N) is 3. The van der Waals surface area contributed by atoms with Gasteiger partial charge in [0.05, 0.1) is 26.0 Å². The Morgan fingerprint density at radius 2 is 2.03 bits per heavy atom. The van der Waals surface area contributed by atoms with Crippen molar-refractivity contribution in [2.75, 3.05) is 63.1 Å². The van der Waals surface area contributed by atoms with Gasteiger partial charge >= 0.3 is 0 Å². The Morgan fingerprint density at radius 1 is 1.16 bits per heavy atom. The normalized spacial score (nSPS) is 14.2. The minimum Gasteiger partial charge on any atom is -0.475 e. The Hall–Kier alpha value is -2.68. The third-order valence-electron chi connectivity index (χ3n) is 4.77. The number of ether oxygens (including phenoxy) is 3. The number of anilines is 2. The molecule has 0 amide bonds. The third kappa shape index (κ3) is 8.16. The molecule has 0 radical (unpaired) electrons. The molecule has 1 fully saturated rings. The number of unbranched alkanes of at least 4 members (excludes halogenated alkanes) is 1. The van der Waals surface area contributed by atoms with Gasteiger partial charge in [0.15, 0.2) is 5.82 Å². The lowest BCUT2D eigenvalue weighted by Gasteiger charge is -2.29. The lowest BCUT2D eigenvalue weighted by molar-refractivity contribution is 0.0929. The Labute approximate surface area is 183 Å². The topological polar surface area (TPSA) is 88.4 Å². The Morgan fingerprint density at radius 3 is 2.84 bits per heavy atom. The monoisotopic (exact) mass is 428 g/mol. The highest BCUT2D eigenvalue weighted by atomic mass is 16.5. The summed E-state index contributed by atoms with van der Waals surface area (Å²) < 4.78 is 16.8. The molecule has 2 N–H and O–H groups in total. The van der Waals surface area contributed by atoms with Gasteiger partial charge in [0.2, 0.25) is 5.88 Å². The quantitative estimate of drug-likeness (QED) is 0.305. The van der Waals surface area contributed by atoms with E-state index in [9.17, 15) is 0 Å². The minimum atomic E-state index is 0.195. The van der Waals surface area contributed by atoms with Gasteiger partial charge in [-0.2, -0.15) is 10.1 Å². The maximum absolute atomic E-state index is 8.80. The van der Waals surface area contributed by atoms with Gasteiger partial charge in [-0.25, -0.2) is 0 Å². The van der Waals surface area contributed by atoms with E-state index < -0.39 is 0 Å². The molecule has 168 valence electrons. The summed E-state index contributed by atoms with van der Waals surface area (Å²) >= 11 is 0. The van der Waals surface area contributed by atoms with Gasteiger partial charge in [0, 0.05) is 44.1 Å². The van der Waals surface area contributed by atoms with E-state index in [0.717, 1.165) is 37.2 Å². The van der Waals surface area contributed by atoms with E-state index in [1.807, 2.05) is 24.3 Å². The van der Waals surface area contributed by atoms with Crippen molar-refractivity contribution in [1.82, 2.24) is 4.98 Å². The Kier molecular flexibility index (Phi) is 9.56. The standard InChI is InChI=1S/C23H32N4O4/c1-19-5-4-6-20(15-19)18-24-26-22-16-21(27-7-11-30-12-8-27)17-23(25-22)31-14-13-29-10-3-2-9-28/h4-6,15-18,28H,2-3,7-14H2,1H3,(H,25,26)/b24-18+. The number of aromatic nitrogens is 1. The molecular formula is C23H32N4O4. The van der Waals surface area contributed by atoms with Crippen molar-refractivity contribution in [3.63, 3.8) is 0 Å². The van der Waals surface area contributed by atoms with Crippen LogP contribution in [0.5, 0.6) is 5.88 Å². The number of rotatable bonds is 12. The third-order valence-corrected chi connectivity index (χ3v) is 4.77. The second kappa shape index (κ2) is 12.9. The fraction of sp³-hybridized carbons (Fsp3) is 0.478. The van der Waals surface area contributed by atoms with E-state index in [1.54, 1.807) is 6.21 Å². The molecule has 0 unspecified atom stereocenters. The first kappa shape index (κ1) is 23.0. The van der Waals surface area contributed by atoms with E-state index in [-0.39, 0.29) is 6.61 Å². The highest BCUT2D eigenvalue weighted by Gasteiger charge is 2.14. The van der Waals surface area contributed by atoms with Gasteiger partial charge in [0.25, 0.3) is 0 Å². The van der Waals surface area contributed by atoms with Gasteiger partial charge in [-0.15, -0.1) is 0 Å². The first-order valence-corrected chi connectivity index (χ1v) is 10.8. The van der Waals surface area contributed by atoms with E-state index in [1.165, 1.54) is 5.56 Å². The van der Waals surface area contributed by atoms with Crippen LogP contribution in [-0.2, 0) is 9.47 Å². The average molecular weight is 429 g/mol. The molecule has 0 aliphatic carbocycles. The van der Waals surface area contributed by atoms with Crippen LogP contribution >= 0.6 is 0 Å². The Bertz CT molecular complexity index is 825. The molecule has 1 saturated heterocycles. The zero-order valence-electron chi connectivity index (χ0n) is 18.1. The Balaban J connectivity index is 1.62. The first-order valence-electron chi connectivity index (χ1n) is 10.8. The number of nitrogens with one attached hydrogen (secondary N) is 1. The van der Waals surface area contributed by atoms with Gasteiger partial charge in [0.1, 0.15) is 6.61 Å². The smallest absolute Gasteiger partial charge is 0.217 e. The fourth-order valence-electron chi connectivity index (χ4n) is 3.17. The largest absolute Gasteiger partial charge is 0.475 e.